The van der Waals surface area contributed by atoms with E-state index in [1.165, 1.54) is 28.4 Å². The molecule has 68 heavy (non-hydrogen) atoms. The highest BCUT2D eigenvalue weighted by Gasteiger charge is 2.47. The normalized spacial score (nSPS) is 17.7. The molecule has 7 rings (SSSR count). The van der Waals surface area contributed by atoms with Gasteiger partial charge in [0.05, 0.1) is 50.7 Å². The quantitative estimate of drug-likeness (QED) is 0.170. The fraction of sp³-hybridized carbons (Fsp3) is 0.367. The van der Waals surface area contributed by atoms with E-state index in [4.69, 9.17) is 18.9 Å². The van der Waals surface area contributed by atoms with Gasteiger partial charge in [-0.05, 0) is 104 Å². The van der Waals surface area contributed by atoms with Gasteiger partial charge in [-0.3, -0.25) is 9.59 Å². The maximum absolute atomic E-state index is 16.2. The molecular weight excluding hydrogens is 849 g/mol. The Hall–Kier alpha value is -6.22. The summed E-state index contributed by atoms with van der Waals surface area (Å²) in [6, 6.07) is 33.2. The van der Waals surface area contributed by atoms with Crippen molar-refractivity contribution in [2.45, 2.75) is 116 Å². The van der Waals surface area contributed by atoms with Gasteiger partial charge in [-0.15, -0.1) is 0 Å². The predicted octanol–water partition coefficient (Wildman–Crippen LogP) is 12.3. The van der Waals surface area contributed by atoms with Gasteiger partial charge in [-0.25, -0.2) is 0 Å². The molecule has 0 radical (unpaired) electrons. The van der Waals surface area contributed by atoms with Gasteiger partial charge in [0.25, 0.3) is 0 Å². The molecule has 0 aliphatic heterocycles. The molecule has 0 spiro atoms. The predicted molar refractivity (Wildman–Crippen MR) is 271 cm³/mol. The van der Waals surface area contributed by atoms with Crippen LogP contribution in [0.4, 0.5) is 0 Å². The topological polar surface area (TPSA) is 112 Å². The first-order chi connectivity index (χ1) is 31.7. The molecule has 0 amide bonds. The van der Waals surface area contributed by atoms with E-state index in [9.17, 15) is 10.2 Å². The summed E-state index contributed by atoms with van der Waals surface area (Å²) in [6.07, 6.45) is 0. The van der Waals surface area contributed by atoms with Crippen LogP contribution in [0.5, 0.6) is 23.0 Å². The lowest BCUT2D eigenvalue weighted by atomic mass is 9.71. The molecule has 6 aromatic rings. The molecule has 0 fully saturated rings. The largest absolute Gasteiger partial charge is 0.496 e. The van der Waals surface area contributed by atoms with Crippen LogP contribution in [0.3, 0.4) is 0 Å². The lowest BCUT2D eigenvalue weighted by Gasteiger charge is -2.37. The summed E-state index contributed by atoms with van der Waals surface area (Å²) in [6.45, 7) is 24.5. The van der Waals surface area contributed by atoms with Crippen molar-refractivity contribution in [3.63, 3.8) is 0 Å². The van der Waals surface area contributed by atoms with Crippen molar-refractivity contribution in [2.24, 2.45) is 0 Å². The van der Waals surface area contributed by atoms with E-state index >= 15 is 9.59 Å². The van der Waals surface area contributed by atoms with Crippen LogP contribution in [0.25, 0.3) is 0 Å². The van der Waals surface area contributed by atoms with Crippen LogP contribution in [-0.2, 0) is 32.9 Å². The Kier molecular flexibility index (Phi) is 12.7. The number of carbonyl (C=O) groups is 2. The van der Waals surface area contributed by atoms with Crippen LogP contribution in [0.1, 0.15) is 171 Å². The van der Waals surface area contributed by atoms with Gasteiger partial charge in [-0.1, -0.05) is 144 Å². The standard InChI is InChI=1S/C60H68O8/c1-55(2,3)37-27-41-49(61)42-28-38(56(4,5)6)33-47(52(42)66-14)60(64,36-25-21-18-22-26-36)48-34-40(58(10,11)12)30-44(54(48)68-16)50(62)43-29-39(57(7,8)9)32-46(53(43)67-15)59(63,35-23-19-17-20-24-35)45(31-37)51(41)65-13/h17-34,63-64H,1-16H3. The second-order valence-corrected chi connectivity index (χ2v) is 22.2. The minimum Gasteiger partial charge on any atom is -0.496 e. The zero-order chi connectivity index (χ0) is 50.1. The third-order valence-corrected chi connectivity index (χ3v) is 13.6. The number of hydrogen-bond donors (Lipinski definition) is 2. The number of methoxy groups -OCH3 is 4. The van der Waals surface area contributed by atoms with E-state index in [-0.39, 0.29) is 67.5 Å². The second kappa shape index (κ2) is 17.4. The average molecular weight is 917 g/mol. The van der Waals surface area contributed by atoms with E-state index in [0.29, 0.717) is 11.1 Å². The third-order valence-electron chi connectivity index (χ3n) is 13.6. The maximum atomic E-state index is 16.2. The van der Waals surface area contributed by atoms with Gasteiger partial charge in [0.1, 0.15) is 34.2 Å². The highest BCUT2D eigenvalue weighted by molar-refractivity contribution is 6.14. The molecule has 6 aromatic carbocycles. The molecule has 0 unspecified atom stereocenters. The van der Waals surface area contributed by atoms with E-state index in [2.05, 4.69) is 0 Å². The van der Waals surface area contributed by atoms with Gasteiger partial charge >= 0.3 is 0 Å². The van der Waals surface area contributed by atoms with Crippen molar-refractivity contribution < 1.29 is 38.7 Å². The second-order valence-electron chi connectivity index (χ2n) is 22.2. The number of ether oxygens (including phenoxy) is 4. The van der Waals surface area contributed by atoms with Crippen molar-refractivity contribution >= 4 is 11.6 Å². The van der Waals surface area contributed by atoms with Crippen LogP contribution in [-0.4, -0.2) is 50.2 Å². The molecule has 8 nitrogen and oxygen atoms in total. The minimum atomic E-state index is -2.11. The highest BCUT2D eigenvalue weighted by Crippen LogP contribution is 2.53. The monoisotopic (exact) mass is 916 g/mol. The zero-order valence-corrected chi connectivity index (χ0v) is 42.7. The van der Waals surface area contributed by atoms with Crippen LogP contribution in [0.2, 0.25) is 0 Å². The lowest BCUT2D eigenvalue weighted by molar-refractivity contribution is 0.102. The number of hydrogen-bond acceptors (Lipinski definition) is 8. The van der Waals surface area contributed by atoms with Crippen LogP contribution in [0, 0.1) is 0 Å². The average Bonchev–Trinajstić information content (AvgIpc) is 3.30. The van der Waals surface area contributed by atoms with Gasteiger partial charge < -0.3 is 29.2 Å². The first-order valence-electron chi connectivity index (χ1n) is 23.2. The Bertz CT molecular complexity index is 2560. The molecule has 0 saturated heterocycles. The molecule has 1 aliphatic rings. The van der Waals surface area contributed by atoms with Gasteiger partial charge in [0, 0.05) is 22.3 Å². The van der Waals surface area contributed by atoms with Crippen molar-refractivity contribution in [3.8, 4) is 23.0 Å². The molecule has 0 aromatic heterocycles. The number of fused-ring (bicyclic) bond motifs is 8. The van der Waals surface area contributed by atoms with E-state index in [1.807, 2.05) is 192 Å². The summed E-state index contributed by atoms with van der Waals surface area (Å²) in [4.78, 5) is 32.3. The SMILES string of the molecule is COc1c2cc(C(C)(C)C)cc1C(O)(c1ccccc1)c1cc(C(C)(C)C)cc(c1OC)C(=O)c1cc(C(C)(C)C)cc(c1OC)C(O)(c1ccccc1)c1cc(C(C)(C)C)cc(c1OC)C2=O. The van der Waals surface area contributed by atoms with Crippen molar-refractivity contribution in [2.75, 3.05) is 28.4 Å². The Morgan fingerprint density at radius 3 is 0.735 bits per heavy atom. The van der Waals surface area contributed by atoms with E-state index in [1.54, 1.807) is 0 Å². The van der Waals surface area contributed by atoms with Crippen molar-refractivity contribution in [3.05, 3.63) is 187 Å². The number of rotatable bonds is 6. The van der Waals surface area contributed by atoms with Crippen molar-refractivity contribution in [1.82, 2.24) is 0 Å². The fourth-order valence-corrected chi connectivity index (χ4v) is 9.44. The molecule has 8 heteroatoms. The minimum absolute atomic E-state index is 0.113. The van der Waals surface area contributed by atoms with Gasteiger partial charge in [-0.2, -0.15) is 0 Å². The number of carbonyl (C=O) groups excluding carboxylic acids is 2. The first-order valence-corrected chi connectivity index (χ1v) is 23.2. The van der Waals surface area contributed by atoms with Gasteiger partial charge in [0.2, 0.25) is 11.6 Å². The summed E-state index contributed by atoms with van der Waals surface area (Å²) < 4.78 is 25.6. The Balaban J connectivity index is 1.87. The number of aliphatic hydroxyl groups is 2. The lowest BCUT2D eigenvalue weighted by Crippen LogP contribution is -2.34. The summed E-state index contributed by atoms with van der Waals surface area (Å²) >= 11 is 0. The Labute approximate surface area is 403 Å². The smallest absolute Gasteiger partial charge is 0.200 e. The molecule has 0 saturated carbocycles. The van der Waals surface area contributed by atoms with E-state index < -0.39 is 44.4 Å². The summed E-state index contributed by atoms with van der Waals surface area (Å²) in [7, 11) is 5.95. The van der Waals surface area contributed by atoms with Crippen LogP contribution >= 0.6 is 0 Å². The molecular formula is C60H68O8. The number of benzene rings is 6. The molecule has 356 valence electrons. The van der Waals surface area contributed by atoms with Crippen LogP contribution in [0.15, 0.2) is 109 Å². The van der Waals surface area contributed by atoms with E-state index in [0.717, 1.165) is 22.3 Å². The molecule has 1 aliphatic carbocycles. The number of ketones is 2. The zero-order valence-electron chi connectivity index (χ0n) is 42.7. The highest BCUT2D eigenvalue weighted by atomic mass is 16.5. The summed E-state index contributed by atoms with van der Waals surface area (Å²) in [5.74, 6) is -0.466. The molecule has 0 heterocycles. The Morgan fingerprint density at radius 1 is 0.353 bits per heavy atom. The first kappa shape index (κ1) is 49.7. The third kappa shape index (κ3) is 8.30. The molecule has 2 N–H and O–H groups in total. The summed E-state index contributed by atoms with van der Waals surface area (Å²) in [5, 5.41) is 28.5. The molecule has 0 atom stereocenters. The molecule has 8 bridgehead atoms. The maximum Gasteiger partial charge on any atom is 0.200 e. The summed E-state index contributed by atoms with van der Waals surface area (Å²) in [5.41, 5.74) is -0.961. The van der Waals surface area contributed by atoms with Crippen LogP contribution < -0.4 is 18.9 Å². The Morgan fingerprint density at radius 2 is 0.559 bits per heavy atom. The van der Waals surface area contributed by atoms with Crippen molar-refractivity contribution in [1.29, 1.82) is 0 Å². The van der Waals surface area contributed by atoms with Gasteiger partial charge in [0.15, 0.2) is 0 Å². The fourth-order valence-electron chi connectivity index (χ4n) is 9.44.